The first-order valence-electron chi connectivity index (χ1n) is 12.4. The Labute approximate surface area is 208 Å². The van der Waals surface area contributed by atoms with Crippen LogP contribution in [0.4, 0.5) is 0 Å². The molecule has 2 saturated heterocycles. The quantitative estimate of drug-likeness (QED) is 0.362. The summed E-state index contributed by atoms with van der Waals surface area (Å²) in [5, 5.41) is 5.52. The smallest absolute Gasteiger partial charge is 0.402 e. The standard InChI is InChI=1S/C25H38BN3O6/c1-24(2)25(3,4)35-26(34-24)21(12-8-11-19-9-6-5-7-10-19)28-23(32)20(27-18-30)17-22(31)29-13-15-33-16-14-29/h5-7,9-10,18,20-21H,8,11-17H2,1-4H3,(H,27,30)(H,28,32). The van der Waals surface area contributed by atoms with Gasteiger partial charge in [-0.1, -0.05) is 30.3 Å². The lowest BCUT2D eigenvalue weighted by Crippen LogP contribution is -2.55. The highest BCUT2D eigenvalue weighted by Crippen LogP contribution is 2.38. The lowest BCUT2D eigenvalue weighted by Gasteiger charge is -2.32. The average Bonchev–Trinajstić information content (AvgIpc) is 3.05. The van der Waals surface area contributed by atoms with E-state index in [0.717, 1.165) is 12.8 Å². The van der Waals surface area contributed by atoms with Crippen LogP contribution in [-0.2, 0) is 34.9 Å². The van der Waals surface area contributed by atoms with E-state index in [-0.39, 0.29) is 12.3 Å². The Morgan fingerprint density at radius 3 is 2.31 bits per heavy atom. The minimum atomic E-state index is -0.984. The number of amides is 3. The number of rotatable bonds is 11. The third kappa shape index (κ3) is 7.28. The minimum Gasteiger partial charge on any atom is -0.402 e. The molecule has 192 valence electrons. The Balaban J connectivity index is 1.68. The predicted molar refractivity (Wildman–Crippen MR) is 132 cm³/mol. The summed E-state index contributed by atoms with van der Waals surface area (Å²) in [6, 6.07) is 9.15. The molecule has 0 radical (unpaired) electrons. The second-order valence-electron chi connectivity index (χ2n) is 10.2. The molecule has 0 spiro atoms. The molecule has 35 heavy (non-hydrogen) atoms. The van der Waals surface area contributed by atoms with Gasteiger partial charge in [-0.25, -0.2) is 0 Å². The van der Waals surface area contributed by atoms with Crippen LogP contribution in [0, 0.1) is 0 Å². The van der Waals surface area contributed by atoms with Crippen LogP contribution < -0.4 is 10.6 Å². The summed E-state index contributed by atoms with van der Waals surface area (Å²) in [5.41, 5.74) is 0.114. The fraction of sp³-hybridized carbons (Fsp3) is 0.640. The number of hydrogen-bond acceptors (Lipinski definition) is 6. The Morgan fingerprint density at radius 1 is 1.09 bits per heavy atom. The molecule has 2 aliphatic heterocycles. The zero-order chi connectivity index (χ0) is 25.5. The summed E-state index contributed by atoms with van der Waals surface area (Å²) in [6.07, 6.45) is 2.60. The van der Waals surface area contributed by atoms with Crippen LogP contribution in [0.1, 0.15) is 52.5 Å². The molecule has 9 nitrogen and oxygen atoms in total. The molecule has 2 N–H and O–H groups in total. The van der Waals surface area contributed by atoms with E-state index in [4.69, 9.17) is 14.0 Å². The van der Waals surface area contributed by atoms with Gasteiger partial charge in [0.1, 0.15) is 6.04 Å². The molecule has 0 saturated carbocycles. The van der Waals surface area contributed by atoms with Crippen LogP contribution in [-0.4, -0.2) is 79.7 Å². The highest BCUT2D eigenvalue weighted by atomic mass is 16.7. The van der Waals surface area contributed by atoms with Gasteiger partial charge in [-0.05, 0) is 52.5 Å². The van der Waals surface area contributed by atoms with E-state index in [1.54, 1.807) is 4.90 Å². The number of morpholine rings is 1. The van der Waals surface area contributed by atoms with Crippen LogP contribution in [0.2, 0.25) is 0 Å². The van der Waals surface area contributed by atoms with Crippen molar-refractivity contribution in [3.63, 3.8) is 0 Å². The molecule has 0 bridgehead atoms. The van der Waals surface area contributed by atoms with Crippen molar-refractivity contribution < 1.29 is 28.4 Å². The first kappa shape index (κ1) is 27.2. The lowest BCUT2D eigenvalue weighted by atomic mass is 9.75. The van der Waals surface area contributed by atoms with E-state index in [1.807, 2.05) is 45.9 Å². The highest BCUT2D eigenvalue weighted by Gasteiger charge is 2.54. The lowest BCUT2D eigenvalue weighted by molar-refractivity contribution is -0.138. The third-order valence-electron chi connectivity index (χ3n) is 7.08. The zero-order valence-corrected chi connectivity index (χ0v) is 21.2. The van der Waals surface area contributed by atoms with Crippen molar-refractivity contribution in [3.8, 4) is 0 Å². The molecule has 2 fully saturated rings. The first-order chi connectivity index (χ1) is 16.6. The van der Waals surface area contributed by atoms with E-state index in [2.05, 4.69) is 22.8 Å². The maximum absolute atomic E-state index is 13.2. The van der Waals surface area contributed by atoms with Gasteiger partial charge in [-0.15, -0.1) is 0 Å². The van der Waals surface area contributed by atoms with Gasteiger partial charge < -0.3 is 29.6 Å². The molecule has 3 rings (SSSR count). The Morgan fingerprint density at radius 2 is 1.71 bits per heavy atom. The molecular formula is C25H38BN3O6. The van der Waals surface area contributed by atoms with Crippen LogP contribution in [0.3, 0.4) is 0 Å². The second-order valence-corrected chi connectivity index (χ2v) is 10.2. The Bertz CT molecular complexity index is 844. The molecule has 0 aliphatic carbocycles. The van der Waals surface area contributed by atoms with Gasteiger partial charge in [0, 0.05) is 13.1 Å². The predicted octanol–water partition coefficient (Wildman–Crippen LogP) is 1.49. The van der Waals surface area contributed by atoms with Gasteiger partial charge in [-0.3, -0.25) is 14.4 Å². The third-order valence-corrected chi connectivity index (χ3v) is 7.08. The number of ether oxygens (including phenoxy) is 1. The highest BCUT2D eigenvalue weighted by molar-refractivity contribution is 6.48. The fourth-order valence-electron chi connectivity index (χ4n) is 4.21. The van der Waals surface area contributed by atoms with Gasteiger partial charge in [0.05, 0.1) is 36.8 Å². The summed E-state index contributed by atoms with van der Waals surface area (Å²) in [5.74, 6) is -1.07. The average molecular weight is 487 g/mol. The number of carbonyl (C=O) groups excluding carboxylic acids is 3. The second kappa shape index (κ2) is 12.0. The topological polar surface area (TPSA) is 106 Å². The van der Waals surface area contributed by atoms with Crippen LogP contribution in [0.5, 0.6) is 0 Å². The number of carbonyl (C=O) groups is 3. The molecular weight excluding hydrogens is 449 g/mol. The molecule has 1 aromatic rings. The van der Waals surface area contributed by atoms with Crippen LogP contribution in [0.25, 0.3) is 0 Å². The van der Waals surface area contributed by atoms with Gasteiger partial charge in [0.15, 0.2) is 0 Å². The summed E-state index contributed by atoms with van der Waals surface area (Å²) in [6.45, 7) is 9.75. The first-order valence-corrected chi connectivity index (χ1v) is 12.4. The summed E-state index contributed by atoms with van der Waals surface area (Å²) < 4.78 is 17.7. The number of aryl methyl sites for hydroxylation is 1. The summed E-state index contributed by atoms with van der Waals surface area (Å²) >= 11 is 0. The largest absolute Gasteiger partial charge is 0.481 e. The fourth-order valence-corrected chi connectivity index (χ4v) is 4.21. The van der Waals surface area contributed by atoms with Gasteiger partial charge in [-0.2, -0.15) is 0 Å². The molecule has 2 atom stereocenters. The maximum Gasteiger partial charge on any atom is 0.481 e. The maximum atomic E-state index is 13.2. The Kier molecular flexibility index (Phi) is 9.32. The van der Waals surface area contributed by atoms with Crippen molar-refractivity contribution in [3.05, 3.63) is 35.9 Å². The number of nitrogens with zero attached hydrogens (tertiary/aromatic N) is 1. The molecule has 10 heteroatoms. The van der Waals surface area contributed by atoms with Crippen molar-refractivity contribution in [1.29, 1.82) is 0 Å². The van der Waals surface area contributed by atoms with Crippen molar-refractivity contribution in [2.24, 2.45) is 0 Å². The van der Waals surface area contributed by atoms with Crippen LogP contribution >= 0.6 is 0 Å². The summed E-state index contributed by atoms with van der Waals surface area (Å²) in [4.78, 5) is 38.8. The van der Waals surface area contributed by atoms with Crippen LogP contribution in [0.15, 0.2) is 30.3 Å². The SMILES string of the molecule is CC1(C)OB(C(CCCc2ccccc2)NC(=O)C(CC(=O)N2CCOCC2)NC=O)OC1(C)C. The van der Waals surface area contributed by atoms with E-state index in [9.17, 15) is 14.4 Å². The number of hydrogen-bond donors (Lipinski definition) is 2. The van der Waals surface area contributed by atoms with Gasteiger partial charge in [0.2, 0.25) is 18.2 Å². The van der Waals surface area contributed by atoms with E-state index < -0.39 is 36.2 Å². The summed E-state index contributed by atoms with van der Waals surface area (Å²) in [7, 11) is -0.647. The molecule has 2 heterocycles. The molecule has 2 unspecified atom stereocenters. The van der Waals surface area contributed by atoms with E-state index >= 15 is 0 Å². The molecule has 1 aromatic carbocycles. The number of benzene rings is 1. The van der Waals surface area contributed by atoms with E-state index in [1.165, 1.54) is 5.56 Å². The minimum absolute atomic E-state index is 0.120. The van der Waals surface area contributed by atoms with Crippen molar-refractivity contribution in [2.75, 3.05) is 26.3 Å². The monoisotopic (exact) mass is 487 g/mol. The molecule has 3 amide bonds. The zero-order valence-electron chi connectivity index (χ0n) is 21.2. The van der Waals surface area contributed by atoms with Crippen molar-refractivity contribution >= 4 is 25.3 Å². The van der Waals surface area contributed by atoms with Crippen molar-refractivity contribution in [1.82, 2.24) is 15.5 Å². The van der Waals surface area contributed by atoms with Gasteiger partial charge in [0.25, 0.3) is 0 Å². The molecule has 2 aliphatic rings. The van der Waals surface area contributed by atoms with Crippen molar-refractivity contribution in [2.45, 2.75) is 76.6 Å². The van der Waals surface area contributed by atoms with Gasteiger partial charge >= 0.3 is 7.12 Å². The van der Waals surface area contributed by atoms with E-state index in [0.29, 0.717) is 39.1 Å². The number of nitrogens with one attached hydrogen (secondary N) is 2. The Hall–Kier alpha value is -2.43. The normalized spacial score (nSPS) is 20.7. The molecule has 0 aromatic heterocycles.